The molecule has 8 nitrogen and oxygen atoms in total. The van der Waals surface area contributed by atoms with Gasteiger partial charge in [-0.25, -0.2) is 14.1 Å². The van der Waals surface area contributed by atoms with Gasteiger partial charge in [0.25, 0.3) is 0 Å². The molecule has 152 valence electrons. The second-order valence-corrected chi connectivity index (χ2v) is 6.58. The van der Waals surface area contributed by atoms with Crippen molar-refractivity contribution in [3.05, 3.63) is 60.5 Å². The number of rotatable bonds is 7. The standard InChI is InChI=1S/C21H17FN4O4/c22-16-10-14(5-8-20(16)27)26-12-19(24-25-26)17-7-4-13-3-6-15(11-18(13)23-17)30-9-1-2-21(28)29/h3-8,10-12,27H,1-2,9H2,(H,28,29). The molecular weight excluding hydrogens is 391 g/mol. The summed E-state index contributed by atoms with van der Waals surface area (Å²) in [5.74, 6) is -1.44. The van der Waals surface area contributed by atoms with Gasteiger partial charge in [-0.2, -0.15) is 0 Å². The van der Waals surface area contributed by atoms with E-state index < -0.39 is 17.5 Å². The van der Waals surface area contributed by atoms with E-state index in [1.807, 2.05) is 18.2 Å². The fourth-order valence-corrected chi connectivity index (χ4v) is 2.89. The predicted octanol–water partition coefficient (Wildman–Crippen LogP) is 3.57. The van der Waals surface area contributed by atoms with Gasteiger partial charge in [-0.3, -0.25) is 4.79 Å². The number of hydrogen-bond donors (Lipinski definition) is 2. The van der Waals surface area contributed by atoms with E-state index in [0.717, 1.165) is 11.5 Å². The largest absolute Gasteiger partial charge is 0.505 e. The van der Waals surface area contributed by atoms with Crippen LogP contribution >= 0.6 is 0 Å². The Hall–Kier alpha value is -4.01. The first kappa shape index (κ1) is 19.3. The van der Waals surface area contributed by atoms with Crippen molar-refractivity contribution in [3.8, 4) is 28.6 Å². The number of halogens is 1. The van der Waals surface area contributed by atoms with E-state index in [1.54, 1.807) is 18.3 Å². The first-order chi connectivity index (χ1) is 14.5. The van der Waals surface area contributed by atoms with Crippen molar-refractivity contribution >= 4 is 16.9 Å². The quantitative estimate of drug-likeness (QED) is 0.450. The molecule has 0 aliphatic carbocycles. The highest BCUT2D eigenvalue weighted by Gasteiger charge is 2.10. The number of aliphatic carboxylic acids is 1. The van der Waals surface area contributed by atoms with Gasteiger partial charge in [0.15, 0.2) is 11.6 Å². The van der Waals surface area contributed by atoms with Crippen LogP contribution in [0.3, 0.4) is 0 Å². The SMILES string of the molecule is O=C(O)CCCOc1ccc2ccc(-c3cn(-c4ccc(O)c(F)c4)nn3)nc2c1. The van der Waals surface area contributed by atoms with Gasteiger partial charge >= 0.3 is 5.97 Å². The number of fused-ring (bicyclic) bond motifs is 1. The lowest BCUT2D eigenvalue weighted by atomic mass is 10.2. The number of carboxylic acid groups (broad SMARTS) is 1. The number of carboxylic acids is 1. The number of benzene rings is 2. The summed E-state index contributed by atoms with van der Waals surface area (Å²) in [5, 5.41) is 27.0. The van der Waals surface area contributed by atoms with E-state index in [9.17, 15) is 14.3 Å². The topological polar surface area (TPSA) is 110 Å². The molecule has 0 atom stereocenters. The number of phenolic OH excluding ortho intramolecular Hbond substituents is 1. The van der Waals surface area contributed by atoms with E-state index in [1.165, 1.54) is 16.8 Å². The number of ether oxygens (including phenoxy) is 1. The zero-order valence-corrected chi connectivity index (χ0v) is 15.7. The molecule has 0 radical (unpaired) electrons. The van der Waals surface area contributed by atoms with Crippen LogP contribution in [0.4, 0.5) is 4.39 Å². The lowest BCUT2D eigenvalue weighted by Gasteiger charge is -2.07. The fourth-order valence-electron chi connectivity index (χ4n) is 2.89. The van der Waals surface area contributed by atoms with Gasteiger partial charge in [0, 0.05) is 23.9 Å². The summed E-state index contributed by atoms with van der Waals surface area (Å²) in [6.07, 6.45) is 2.09. The highest BCUT2D eigenvalue weighted by molar-refractivity contribution is 5.82. The summed E-state index contributed by atoms with van der Waals surface area (Å²) >= 11 is 0. The van der Waals surface area contributed by atoms with Gasteiger partial charge in [-0.15, -0.1) is 5.10 Å². The number of carbonyl (C=O) groups is 1. The Balaban J connectivity index is 1.56. The van der Waals surface area contributed by atoms with Crippen molar-refractivity contribution in [2.75, 3.05) is 6.61 Å². The lowest BCUT2D eigenvalue weighted by Crippen LogP contribution is -2.02. The van der Waals surface area contributed by atoms with Crippen LogP contribution < -0.4 is 4.74 Å². The van der Waals surface area contributed by atoms with Gasteiger partial charge in [0.2, 0.25) is 0 Å². The van der Waals surface area contributed by atoms with Crippen molar-refractivity contribution in [3.63, 3.8) is 0 Å². The van der Waals surface area contributed by atoms with Gasteiger partial charge < -0.3 is 14.9 Å². The number of pyridine rings is 1. The van der Waals surface area contributed by atoms with Crippen LogP contribution in [0, 0.1) is 5.82 Å². The van der Waals surface area contributed by atoms with Crippen molar-refractivity contribution < 1.29 is 24.1 Å². The Morgan fingerprint density at radius 1 is 1.10 bits per heavy atom. The van der Waals surface area contributed by atoms with E-state index in [4.69, 9.17) is 9.84 Å². The maximum absolute atomic E-state index is 13.6. The molecule has 0 spiro atoms. The van der Waals surface area contributed by atoms with E-state index in [2.05, 4.69) is 15.3 Å². The number of aromatic hydroxyl groups is 1. The van der Waals surface area contributed by atoms with Crippen LogP contribution in [0.25, 0.3) is 28.0 Å². The molecular formula is C21H17FN4O4. The van der Waals surface area contributed by atoms with Crippen molar-refractivity contribution in [1.82, 2.24) is 20.0 Å². The minimum absolute atomic E-state index is 0.0522. The molecule has 0 saturated heterocycles. The maximum atomic E-state index is 13.6. The van der Waals surface area contributed by atoms with Crippen LogP contribution in [0.2, 0.25) is 0 Å². The number of nitrogens with zero attached hydrogens (tertiary/aromatic N) is 4. The van der Waals surface area contributed by atoms with Crippen LogP contribution in [-0.2, 0) is 4.79 Å². The number of aromatic nitrogens is 4. The molecule has 4 rings (SSSR count). The van der Waals surface area contributed by atoms with Crippen LogP contribution in [0.15, 0.2) is 54.7 Å². The first-order valence-electron chi connectivity index (χ1n) is 9.16. The van der Waals surface area contributed by atoms with Crippen LogP contribution in [0.5, 0.6) is 11.5 Å². The minimum Gasteiger partial charge on any atom is -0.505 e. The highest BCUT2D eigenvalue weighted by atomic mass is 19.1. The Kier molecular flexibility index (Phi) is 5.25. The lowest BCUT2D eigenvalue weighted by molar-refractivity contribution is -0.137. The third-order valence-electron chi connectivity index (χ3n) is 4.42. The molecule has 0 saturated carbocycles. The third-order valence-corrected chi connectivity index (χ3v) is 4.42. The highest BCUT2D eigenvalue weighted by Crippen LogP contribution is 2.24. The van der Waals surface area contributed by atoms with Crippen molar-refractivity contribution in [2.24, 2.45) is 0 Å². The second kappa shape index (κ2) is 8.16. The average Bonchev–Trinajstić information content (AvgIpc) is 3.23. The Morgan fingerprint density at radius 2 is 1.93 bits per heavy atom. The molecule has 0 amide bonds. The Labute approximate surface area is 170 Å². The molecule has 2 aromatic heterocycles. The molecule has 0 fully saturated rings. The summed E-state index contributed by atoms with van der Waals surface area (Å²) in [6, 6.07) is 13.1. The van der Waals surface area contributed by atoms with E-state index in [-0.39, 0.29) is 6.42 Å². The van der Waals surface area contributed by atoms with Crippen molar-refractivity contribution in [2.45, 2.75) is 12.8 Å². The molecule has 0 bridgehead atoms. The molecule has 30 heavy (non-hydrogen) atoms. The number of phenols is 1. The average molecular weight is 408 g/mol. The minimum atomic E-state index is -0.855. The predicted molar refractivity (Wildman–Crippen MR) is 106 cm³/mol. The van der Waals surface area contributed by atoms with Gasteiger partial charge in [0.05, 0.1) is 29.7 Å². The molecule has 9 heteroatoms. The molecule has 0 aliphatic heterocycles. The Morgan fingerprint density at radius 3 is 2.73 bits per heavy atom. The van der Waals surface area contributed by atoms with Crippen LogP contribution in [-0.4, -0.2) is 42.8 Å². The summed E-state index contributed by atoms with van der Waals surface area (Å²) in [7, 11) is 0. The summed E-state index contributed by atoms with van der Waals surface area (Å²) in [4.78, 5) is 15.2. The van der Waals surface area contributed by atoms with Crippen molar-refractivity contribution in [1.29, 1.82) is 0 Å². The molecule has 2 heterocycles. The monoisotopic (exact) mass is 408 g/mol. The Bertz CT molecular complexity index is 1220. The van der Waals surface area contributed by atoms with Gasteiger partial charge in [-0.05, 0) is 36.8 Å². The summed E-state index contributed by atoms with van der Waals surface area (Å²) in [6.45, 7) is 0.301. The van der Waals surface area contributed by atoms with Crippen LogP contribution in [0.1, 0.15) is 12.8 Å². The second-order valence-electron chi connectivity index (χ2n) is 6.58. The smallest absolute Gasteiger partial charge is 0.303 e. The van der Waals surface area contributed by atoms with E-state index in [0.29, 0.717) is 41.4 Å². The molecule has 0 aliphatic rings. The molecule has 2 aromatic carbocycles. The zero-order valence-electron chi connectivity index (χ0n) is 15.7. The molecule has 0 unspecified atom stereocenters. The van der Waals surface area contributed by atoms with E-state index >= 15 is 0 Å². The number of hydrogen-bond acceptors (Lipinski definition) is 6. The maximum Gasteiger partial charge on any atom is 0.303 e. The van der Waals surface area contributed by atoms with Gasteiger partial charge in [0.1, 0.15) is 11.4 Å². The van der Waals surface area contributed by atoms with Gasteiger partial charge in [-0.1, -0.05) is 11.3 Å². The normalized spacial score (nSPS) is 11.0. The fraction of sp³-hybridized carbons (Fsp3) is 0.143. The summed E-state index contributed by atoms with van der Waals surface area (Å²) in [5.41, 5.74) is 2.18. The molecule has 4 aromatic rings. The zero-order chi connectivity index (χ0) is 21.1. The first-order valence-corrected chi connectivity index (χ1v) is 9.16. The summed E-state index contributed by atoms with van der Waals surface area (Å²) < 4.78 is 20.6. The third kappa shape index (κ3) is 4.19. The molecule has 2 N–H and O–H groups in total.